The number of rotatable bonds is 5. The quantitative estimate of drug-likeness (QED) is 0.773. The Balaban J connectivity index is 1.86. The van der Waals surface area contributed by atoms with Crippen molar-refractivity contribution in [2.75, 3.05) is 19.0 Å². The number of aromatic nitrogens is 2. The molecule has 2 heterocycles. The van der Waals surface area contributed by atoms with Crippen LogP contribution in [0.2, 0.25) is 0 Å². The summed E-state index contributed by atoms with van der Waals surface area (Å²) in [6.45, 7) is 6.99. The van der Waals surface area contributed by atoms with Crippen molar-refractivity contribution in [2.24, 2.45) is 0 Å². The fourth-order valence-corrected chi connectivity index (χ4v) is 2.57. The predicted molar refractivity (Wildman–Crippen MR) is 91.1 cm³/mol. The highest BCUT2D eigenvalue weighted by atomic mass is 16.5. The topological polar surface area (TPSA) is 60.2 Å². The lowest BCUT2D eigenvalue weighted by Crippen LogP contribution is -2.29. The molecule has 2 aromatic heterocycles. The van der Waals surface area contributed by atoms with Gasteiger partial charge in [0.1, 0.15) is 11.1 Å². The van der Waals surface area contributed by atoms with Crippen molar-refractivity contribution in [3.05, 3.63) is 47.8 Å². The van der Waals surface area contributed by atoms with Crippen molar-refractivity contribution in [1.82, 2.24) is 10.1 Å². The second kappa shape index (κ2) is 5.91. The third-order valence-corrected chi connectivity index (χ3v) is 3.96. The van der Waals surface area contributed by atoms with E-state index in [4.69, 9.17) is 9.26 Å². The van der Waals surface area contributed by atoms with Gasteiger partial charge in [-0.05, 0) is 31.2 Å². The zero-order valence-electron chi connectivity index (χ0n) is 13.9. The maximum Gasteiger partial charge on any atom is 0.181 e. The molecule has 0 bridgehead atoms. The largest absolute Gasteiger partial charge is 0.496 e. The maximum absolute atomic E-state index is 5.41. The van der Waals surface area contributed by atoms with E-state index in [-0.39, 0.29) is 5.41 Å². The summed E-state index contributed by atoms with van der Waals surface area (Å²) in [4.78, 5) is 4.63. The number of benzene rings is 1. The van der Waals surface area contributed by atoms with E-state index in [2.05, 4.69) is 35.4 Å². The first-order chi connectivity index (χ1) is 11.0. The zero-order chi connectivity index (χ0) is 16.4. The molecule has 0 aliphatic rings. The average Bonchev–Trinajstić information content (AvgIpc) is 2.96. The molecule has 5 heteroatoms. The Morgan fingerprint density at radius 1 is 1.17 bits per heavy atom. The Morgan fingerprint density at radius 2 is 1.96 bits per heavy atom. The van der Waals surface area contributed by atoms with Gasteiger partial charge in [-0.15, -0.1) is 0 Å². The molecule has 3 aromatic rings. The molecule has 0 radical (unpaired) electrons. The van der Waals surface area contributed by atoms with Gasteiger partial charge < -0.3 is 14.6 Å². The smallest absolute Gasteiger partial charge is 0.181 e. The van der Waals surface area contributed by atoms with Crippen molar-refractivity contribution in [3.63, 3.8) is 0 Å². The summed E-state index contributed by atoms with van der Waals surface area (Å²) in [5, 5.41) is 8.37. The number of nitrogens with one attached hydrogen (secondary N) is 1. The summed E-state index contributed by atoms with van der Waals surface area (Å²) in [5.74, 6) is 1.44. The van der Waals surface area contributed by atoms with Crippen LogP contribution < -0.4 is 10.1 Å². The van der Waals surface area contributed by atoms with Crippen LogP contribution >= 0.6 is 0 Å². The summed E-state index contributed by atoms with van der Waals surface area (Å²) in [5.41, 5.74) is 2.63. The van der Waals surface area contributed by atoms with E-state index in [0.717, 1.165) is 22.5 Å². The molecular weight excluding hydrogens is 290 g/mol. The van der Waals surface area contributed by atoms with Crippen LogP contribution in [0.4, 0.5) is 5.82 Å². The normalized spacial score (nSPS) is 11.7. The first kappa shape index (κ1) is 15.3. The van der Waals surface area contributed by atoms with E-state index >= 15 is 0 Å². The van der Waals surface area contributed by atoms with Gasteiger partial charge in [-0.25, -0.2) is 0 Å². The second-order valence-corrected chi connectivity index (χ2v) is 6.27. The highest BCUT2D eigenvalue weighted by Gasteiger charge is 2.23. The molecule has 0 unspecified atom stereocenters. The van der Waals surface area contributed by atoms with Gasteiger partial charge in [0.2, 0.25) is 0 Å². The Labute approximate surface area is 135 Å². The van der Waals surface area contributed by atoms with E-state index in [9.17, 15) is 0 Å². The van der Waals surface area contributed by atoms with Crippen LogP contribution in [-0.2, 0) is 5.41 Å². The molecular formula is C18H21N3O2. The summed E-state index contributed by atoms with van der Waals surface area (Å²) < 4.78 is 10.8. The van der Waals surface area contributed by atoms with E-state index in [1.807, 2.05) is 37.3 Å². The molecule has 0 saturated carbocycles. The number of pyridine rings is 1. The van der Waals surface area contributed by atoms with E-state index < -0.39 is 0 Å². The van der Waals surface area contributed by atoms with Crippen LogP contribution in [0.1, 0.15) is 25.2 Å². The first-order valence-electron chi connectivity index (χ1n) is 7.62. The van der Waals surface area contributed by atoms with Crippen LogP contribution in [0, 0.1) is 6.92 Å². The van der Waals surface area contributed by atoms with Gasteiger partial charge in [0.25, 0.3) is 0 Å². The number of anilines is 1. The van der Waals surface area contributed by atoms with Crippen molar-refractivity contribution < 1.29 is 9.26 Å². The summed E-state index contributed by atoms with van der Waals surface area (Å²) in [6, 6.07) is 11.8. The molecule has 5 nitrogen and oxygen atoms in total. The molecule has 0 atom stereocenters. The third kappa shape index (κ3) is 2.99. The number of nitrogens with zero attached hydrogens (tertiary/aromatic N) is 2. The lowest BCUT2D eigenvalue weighted by molar-refractivity contribution is 0.419. The first-order valence-corrected chi connectivity index (χ1v) is 7.62. The van der Waals surface area contributed by atoms with Gasteiger partial charge in [-0.1, -0.05) is 31.1 Å². The molecule has 0 spiro atoms. The number of methoxy groups -OCH3 is 1. The Bertz CT molecular complexity index is 824. The zero-order valence-corrected chi connectivity index (χ0v) is 13.9. The molecule has 0 aliphatic carbocycles. The van der Waals surface area contributed by atoms with Crippen molar-refractivity contribution in [1.29, 1.82) is 0 Å². The highest BCUT2D eigenvalue weighted by Crippen LogP contribution is 2.32. The number of hydrogen-bond donors (Lipinski definition) is 1. The van der Waals surface area contributed by atoms with Crippen molar-refractivity contribution in [3.8, 4) is 5.75 Å². The molecule has 1 N–H and O–H groups in total. The van der Waals surface area contributed by atoms with Crippen molar-refractivity contribution >= 4 is 16.8 Å². The molecule has 120 valence electrons. The average molecular weight is 311 g/mol. The van der Waals surface area contributed by atoms with Gasteiger partial charge in [-0.2, -0.15) is 0 Å². The predicted octanol–water partition coefficient (Wildman–Crippen LogP) is 3.93. The molecule has 1 aromatic carbocycles. The standard InChI is InChI=1S/C18H21N3O2/c1-12-7-5-10-15(20-12)18(2,3)11-19-17-16-13(22-4)8-6-9-14(16)23-21-17/h5-10H,11H2,1-4H3,(H,19,21). The Hall–Kier alpha value is -2.56. The van der Waals surface area contributed by atoms with Crippen LogP contribution in [0.15, 0.2) is 40.9 Å². The monoisotopic (exact) mass is 311 g/mol. The van der Waals surface area contributed by atoms with Gasteiger partial charge in [-0.3, -0.25) is 4.98 Å². The van der Waals surface area contributed by atoms with E-state index in [0.29, 0.717) is 17.9 Å². The summed E-state index contributed by atoms with van der Waals surface area (Å²) in [7, 11) is 1.64. The molecule has 0 saturated heterocycles. The lowest BCUT2D eigenvalue weighted by Gasteiger charge is -2.24. The van der Waals surface area contributed by atoms with Crippen LogP contribution in [0.3, 0.4) is 0 Å². The molecule has 0 amide bonds. The maximum atomic E-state index is 5.41. The third-order valence-electron chi connectivity index (χ3n) is 3.96. The minimum absolute atomic E-state index is 0.140. The Morgan fingerprint density at radius 3 is 2.70 bits per heavy atom. The minimum Gasteiger partial charge on any atom is -0.496 e. The number of hydrogen-bond acceptors (Lipinski definition) is 5. The highest BCUT2D eigenvalue weighted by molar-refractivity contribution is 5.93. The Kier molecular flexibility index (Phi) is 3.94. The van der Waals surface area contributed by atoms with Gasteiger partial charge in [0, 0.05) is 23.3 Å². The number of aryl methyl sites for hydroxylation is 1. The van der Waals surface area contributed by atoms with E-state index in [1.165, 1.54) is 0 Å². The van der Waals surface area contributed by atoms with Crippen LogP contribution in [-0.4, -0.2) is 23.8 Å². The molecule has 23 heavy (non-hydrogen) atoms. The summed E-state index contributed by atoms with van der Waals surface area (Å²) in [6.07, 6.45) is 0. The van der Waals surface area contributed by atoms with Crippen LogP contribution in [0.5, 0.6) is 5.75 Å². The number of ether oxygens (including phenoxy) is 1. The van der Waals surface area contributed by atoms with Gasteiger partial charge >= 0.3 is 0 Å². The lowest BCUT2D eigenvalue weighted by atomic mass is 9.88. The van der Waals surface area contributed by atoms with Crippen LogP contribution in [0.25, 0.3) is 11.0 Å². The molecule has 0 aliphatic heterocycles. The fourth-order valence-electron chi connectivity index (χ4n) is 2.57. The molecule has 0 fully saturated rings. The minimum atomic E-state index is -0.140. The fraction of sp³-hybridized carbons (Fsp3) is 0.333. The summed E-state index contributed by atoms with van der Waals surface area (Å²) >= 11 is 0. The SMILES string of the molecule is COc1cccc2onc(NCC(C)(C)c3cccc(C)n3)c12. The second-order valence-electron chi connectivity index (χ2n) is 6.27. The van der Waals surface area contributed by atoms with Crippen molar-refractivity contribution in [2.45, 2.75) is 26.2 Å². The molecule has 3 rings (SSSR count). The van der Waals surface area contributed by atoms with E-state index in [1.54, 1.807) is 7.11 Å². The van der Waals surface area contributed by atoms with Gasteiger partial charge in [0.05, 0.1) is 7.11 Å². The van der Waals surface area contributed by atoms with Gasteiger partial charge in [0.15, 0.2) is 11.4 Å². The number of fused-ring (bicyclic) bond motifs is 1.